The van der Waals surface area contributed by atoms with Crippen molar-refractivity contribution in [3.05, 3.63) is 59.7 Å². The molecule has 0 unspecified atom stereocenters. The van der Waals surface area contributed by atoms with Crippen LogP contribution < -0.4 is 14.8 Å². The molecule has 0 aromatic heterocycles. The van der Waals surface area contributed by atoms with E-state index in [2.05, 4.69) is 5.32 Å². The number of likely N-dealkylation sites (N-methyl/N-ethyl adjacent to an activating group) is 2. The summed E-state index contributed by atoms with van der Waals surface area (Å²) in [4.78, 5) is 27.7. The molecule has 2 rings (SSSR count). The van der Waals surface area contributed by atoms with Gasteiger partial charge in [-0.05, 0) is 36.7 Å². The average Bonchev–Trinajstić information content (AvgIpc) is 2.77. The van der Waals surface area contributed by atoms with Crippen molar-refractivity contribution in [2.24, 2.45) is 0 Å². The monoisotopic (exact) mass is 427 g/mol. The summed E-state index contributed by atoms with van der Waals surface area (Å²) in [5.74, 6) is 1.14. The molecule has 0 saturated carbocycles. The van der Waals surface area contributed by atoms with Crippen LogP contribution in [-0.4, -0.2) is 62.5 Å². The number of carbonyl (C=O) groups is 2. The van der Waals surface area contributed by atoms with Crippen molar-refractivity contribution in [3.8, 4) is 11.5 Å². The molecule has 2 amide bonds. The van der Waals surface area contributed by atoms with Gasteiger partial charge in [-0.25, -0.2) is 0 Å². The van der Waals surface area contributed by atoms with Gasteiger partial charge >= 0.3 is 0 Å². The second-order valence-electron chi connectivity index (χ2n) is 7.53. The minimum atomic E-state index is -0.0735. The molecule has 0 aliphatic carbocycles. The van der Waals surface area contributed by atoms with Gasteiger partial charge in [0, 0.05) is 20.1 Å². The summed E-state index contributed by atoms with van der Waals surface area (Å²) in [6.07, 6.45) is 0.886. The van der Waals surface area contributed by atoms with E-state index < -0.39 is 0 Å². The van der Waals surface area contributed by atoms with Gasteiger partial charge in [0.1, 0.15) is 6.61 Å². The smallest absolute Gasteiger partial charge is 0.236 e. The van der Waals surface area contributed by atoms with Crippen molar-refractivity contribution in [1.29, 1.82) is 0 Å². The summed E-state index contributed by atoms with van der Waals surface area (Å²) in [6.45, 7) is 3.90. The zero-order chi connectivity index (χ0) is 22.6. The lowest BCUT2D eigenvalue weighted by molar-refractivity contribution is -0.132. The molecule has 0 radical (unpaired) electrons. The van der Waals surface area contributed by atoms with Gasteiger partial charge in [0.2, 0.25) is 11.8 Å². The first kappa shape index (κ1) is 24.2. The number of benzene rings is 2. The standard InChI is InChI=1S/C24H33N3O4/c1-5-13-25-23(28)16-26(2)17-24(29)27(3)15-20-11-12-21(22(14-20)30-4)31-18-19-9-7-6-8-10-19/h6-12,14H,5,13,15-18H2,1-4H3,(H,25,28). The zero-order valence-corrected chi connectivity index (χ0v) is 18.9. The fourth-order valence-electron chi connectivity index (χ4n) is 3.00. The number of nitrogens with zero attached hydrogens (tertiary/aromatic N) is 2. The van der Waals surface area contributed by atoms with Crippen LogP contribution in [0.4, 0.5) is 0 Å². The Morgan fingerprint density at radius 3 is 2.39 bits per heavy atom. The minimum Gasteiger partial charge on any atom is -0.493 e. The van der Waals surface area contributed by atoms with Gasteiger partial charge in [0.05, 0.1) is 20.2 Å². The van der Waals surface area contributed by atoms with Crippen LogP contribution >= 0.6 is 0 Å². The van der Waals surface area contributed by atoms with Gasteiger partial charge in [-0.3, -0.25) is 14.5 Å². The number of hydrogen-bond donors (Lipinski definition) is 1. The molecule has 2 aromatic carbocycles. The topological polar surface area (TPSA) is 71.1 Å². The molecule has 0 fully saturated rings. The Labute approximate surface area is 184 Å². The van der Waals surface area contributed by atoms with Crippen LogP contribution in [0.25, 0.3) is 0 Å². The number of carbonyl (C=O) groups excluding carboxylic acids is 2. The fourth-order valence-corrected chi connectivity index (χ4v) is 3.00. The third-order valence-electron chi connectivity index (χ3n) is 4.70. The van der Waals surface area contributed by atoms with E-state index in [0.29, 0.717) is 31.2 Å². The highest BCUT2D eigenvalue weighted by Crippen LogP contribution is 2.29. The van der Waals surface area contributed by atoms with Gasteiger partial charge in [-0.1, -0.05) is 43.3 Å². The fraction of sp³-hybridized carbons (Fsp3) is 0.417. The Morgan fingerprint density at radius 1 is 0.968 bits per heavy atom. The van der Waals surface area contributed by atoms with Gasteiger partial charge in [-0.15, -0.1) is 0 Å². The lowest BCUT2D eigenvalue weighted by Gasteiger charge is -2.22. The third kappa shape index (κ3) is 8.30. The highest BCUT2D eigenvalue weighted by molar-refractivity contribution is 5.81. The van der Waals surface area contributed by atoms with Gasteiger partial charge in [0.15, 0.2) is 11.5 Å². The zero-order valence-electron chi connectivity index (χ0n) is 18.9. The molecule has 0 bridgehead atoms. The number of methoxy groups -OCH3 is 1. The molecule has 0 saturated heterocycles. The van der Waals surface area contributed by atoms with Gasteiger partial charge in [-0.2, -0.15) is 0 Å². The largest absolute Gasteiger partial charge is 0.493 e. The lowest BCUT2D eigenvalue weighted by atomic mass is 10.2. The SMILES string of the molecule is CCCNC(=O)CN(C)CC(=O)N(C)Cc1ccc(OCc2ccccc2)c(OC)c1. The van der Waals surface area contributed by atoms with E-state index >= 15 is 0 Å². The van der Waals surface area contributed by atoms with E-state index in [1.807, 2.05) is 55.5 Å². The maximum atomic E-state index is 12.5. The summed E-state index contributed by atoms with van der Waals surface area (Å²) in [7, 11) is 5.11. The number of nitrogens with one attached hydrogen (secondary N) is 1. The van der Waals surface area contributed by atoms with Crippen LogP contribution in [0, 0.1) is 0 Å². The molecule has 2 aromatic rings. The molecule has 7 heteroatoms. The first-order valence-electron chi connectivity index (χ1n) is 10.5. The van der Waals surface area contributed by atoms with E-state index in [9.17, 15) is 9.59 Å². The first-order valence-corrected chi connectivity index (χ1v) is 10.5. The van der Waals surface area contributed by atoms with Crippen LogP contribution in [0.5, 0.6) is 11.5 Å². The second kappa shape index (κ2) is 12.6. The number of rotatable bonds is 12. The summed E-state index contributed by atoms with van der Waals surface area (Å²) in [5, 5.41) is 2.81. The van der Waals surface area contributed by atoms with E-state index in [4.69, 9.17) is 9.47 Å². The Balaban J connectivity index is 1.89. The third-order valence-corrected chi connectivity index (χ3v) is 4.70. The van der Waals surface area contributed by atoms with E-state index in [1.54, 1.807) is 31.0 Å². The highest BCUT2D eigenvalue weighted by Gasteiger charge is 2.15. The molecule has 0 aliphatic heterocycles. The average molecular weight is 428 g/mol. The summed E-state index contributed by atoms with van der Waals surface area (Å²) >= 11 is 0. The normalized spacial score (nSPS) is 10.6. The molecule has 0 aliphatic rings. The number of amides is 2. The van der Waals surface area contributed by atoms with E-state index in [1.165, 1.54) is 0 Å². The van der Waals surface area contributed by atoms with Crippen molar-refractivity contribution in [3.63, 3.8) is 0 Å². The summed E-state index contributed by atoms with van der Waals surface area (Å²) < 4.78 is 11.4. The molecule has 7 nitrogen and oxygen atoms in total. The van der Waals surface area contributed by atoms with Gasteiger partial charge in [0.25, 0.3) is 0 Å². The molecule has 168 valence electrons. The second-order valence-corrected chi connectivity index (χ2v) is 7.53. The van der Waals surface area contributed by atoms with Crippen LogP contribution in [0.2, 0.25) is 0 Å². The molecular formula is C24H33N3O4. The minimum absolute atomic E-state index is 0.0610. The molecule has 0 spiro atoms. The molecule has 31 heavy (non-hydrogen) atoms. The Hall–Kier alpha value is -3.06. The maximum absolute atomic E-state index is 12.5. The van der Waals surface area contributed by atoms with Crippen LogP contribution in [0.15, 0.2) is 48.5 Å². The number of ether oxygens (including phenoxy) is 2. The Bertz CT molecular complexity index is 842. The molecule has 0 atom stereocenters. The van der Waals surface area contributed by atoms with Crippen LogP contribution in [0.1, 0.15) is 24.5 Å². The quantitative estimate of drug-likeness (QED) is 0.564. The molecular weight excluding hydrogens is 394 g/mol. The van der Waals surface area contributed by atoms with Crippen molar-refractivity contribution in [1.82, 2.24) is 15.1 Å². The van der Waals surface area contributed by atoms with Crippen LogP contribution in [0.3, 0.4) is 0 Å². The van der Waals surface area contributed by atoms with E-state index in [0.717, 1.165) is 17.5 Å². The summed E-state index contributed by atoms with van der Waals surface area (Å²) in [6, 6.07) is 15.6. The highest BCUT2D eigenvalue weighted by atomic mass is 16.5. The van der Waals surface area contributed by atoms with Crippen molar-refractivity contribution in [2.75, 3.05) is 40.8 Å². The van der Waals surface area contributed by atoms with Gasteiger partial charge < -0.3 is 19.7 Å². The predicted molar refractivity (Wildman–Crippen MR) is 121 cm³/mol. The van der Waals surface area contributed by atoms with Crippen molar-refractivity contribution in [2.45, 2.75) is 26.5 Å². The Kier molecular flexibility index (Phi) is 9.84. The maximum Gasteiger partial charge on any atom is 0.236 e. The van der Waals surface area contributed by atoms with E-state index in [-0.39, 0.29) is 24.9 Å². The number of hydrogen-bond acceptors (Lipinski definition) is 5. The van der Waals surface area contributed by atoms with Crippen molar-refractivity contribution >= 4 is 11.8 Å². The van der Waals surface area contributed by atoms with Crippen molar-refractivity contribution < 1.29 is 19.1 Å². The predicted octanol–water partition coefficient (Wildman–Crippen LogP) is 2.69. The van der Waals surface area contributed by atoms with Crippen LogP contribution in [-0.2, 0) is 22.7 Å². The lowest BCUT2D eigenvalue weighted by Crippen LogP contribution is -2.41. The molecule has 1 N–H and O–H groups in total. The summed E-state index contributed by atoms with van der Waals surface area (Å²) in [5.41, 5.74) is 2.01. The Morgan fingerprint density at radius 2 is 1.71 bits per heavy atom. The first-order chi connectivity index (χ1) is 14.9. The molecule has 0 heterocycles.